The van der Waals surface area contributed by atoms with E-state index >= 15 is 0 Å². The first-order valence-corrected chi connectivity index (χ1v) is 6.57. The van der Waals surface area contributed by atoms with Crippen molar-refractivity contribution in [2.75, 3.05) is 20.2 Å². The van der Waals surface area contributed by atoms with E-state index in [0.717, 1.165) is 10.7 Å². The second kappa shape index (κ2) is 6.12. The second-order valence-corrected chi connectivity index (χ2v) is 5.48. The monoisotopic (exact) mass is 256 g/mol. The average Bonchev–Trinajstić information content (AvgIpc) is 2.56. The lowest BCUT2D eigenvalue weighted by atomic mass is 10.2. The van der Waals surface area contributed by atoms with Gasteiger partial charge in [-0.25, -0.2) is 4.98 Å². The Bertz CT molecular complexity index is 390. The Morgan fingerprint density at radius 2 is 2.18 bits per heavy atom. The lowest BCUT2D eigenvalue weighted by molar-refractivity contribution is -0.144. The molecule has 4 nitrogen and oxygen atoms in total. The first-order chi connectivity index (χ1) is 7.95. The zero-order chi connectivity index (χ0) is 13.0. The number of ether oxygens (including phenoxy) is 1. The van der Waals surface area contributed by atoms with Crippen LogP contribution in [-0.4, -0.2) is 36.1 Å². The molecule has 1 unspecified atom stereocenters. The minimum absolute atomic E-state index is 0.129. The largest absolute Gasteiger partial charge is 0.465 e. The highest BCUT2D eigenvalue weighted by molar-refractivity contribution is 7.11. The molecule has 0 radical (unpaired) electrons. The maximum Gasteiger partial charge on any atom is 0.320 e. The van der Waals surface area contributed by atoms with Gasteiger partial charge < -0.3 is 4.74 Å². The summed E-state index contributed by atoms with van der Waals surface area (Å²) in [5.41, 5.74) is 1.05. The fourth-order valence-corrected chi connectivity index (χ4v) is 2.60. The van der Waals surface area contributed by atoms with Gasteiger partial charge in [0.25, 0.3) is 0 Å². The molecule has 0 aliphatic carbocycles. The number of carbonyl (C=O) groups excluding carboxylic acids is 1. The molecule has 0 N–H and O–H groups in total. The molecule has 0 bridgehead atoms. The highest BCUT2D eigenvalue weighted by Crippen LogP contribution is 2.25. The van der Waals surface area contributed by atoms with Gasteiger partial charge in [0, 0.05) is 4.88 Å². The van der Waals surface area contributed by atoms with Crippen molar-refractivity contribution in [2.45, 2.75) is 33.7 Å². The van der Waals surface area contributed by atoms with E-state index in [4.69, 9.17) is 4.74 Å². The molecule has 1 aromatic heterocycles. The number of aromatic nitrogens is 1. The van der Waals surface area contributed by atoms with Gasteiger partial charge in [0.1, 0.15) is 0 Å². The van der Waals surface area contributed by atoms with Gasteiger partial charge in [0.2, 0.25) is 0 Å². The number of rotatable bonds is 5. The zero-order valence-electron chi connectivity index (χ0n) is 11.1. The highest BCUT2D eigenvalue weighted by atomic mass is 32.1. The van der Waals surface area contributed by atoms with Crippen LogP contribution in [-0.2, 0) is 9.53 Å². The lowest BCUT2D eigenvalue weighted by Crippen LogP contribution is -2.30. The molecule has 1 heterocycles. The van der Waals surface area contributed by atoms with Crippen LogP contribution < -0.4 is 0 Å². The summed E-state index contributed by atoms with van der Waals surface area (Å²) in [6.45, 7) is 8.66. The van der Waals surface area contributed by atoms with Gasteiger partial charge >= 0.3 is 5.97 Å². The first kappa shape index (κ1) is 14.1. The van der Waals surface area contributed by atoms with E-state index in [-0.39, 0.29) is 12.0 Å². The lowest BCUT2D eigenvalue weighted by Gasteiger charge is -2.22. The van der Waals surface area contributed by atoms with Crippen LogP contribution in [0.15, 0.2) is 0 Å². The van der Waals surface area contributed by atoms with E-state index in [1.807, 2.05) is 25.8 Å². The van der Waals surface area contributed by atoms with Crippen LogP contribution in [0.1, 0.15) is 35.5 Å². The summed E-state index contributed by atoms with van der Waals surface area (Å²) in [6.07, 6.45) is 0. The van der Waals surface area contributed by atoms with Crippen LogP contribution >= 0.6 is 11.3 Å². The molecule has 5 heteroatoms. The van der Waals surface area contributed by atoms with Crippen molar-refractivity contribution in [3.63, 3.8) is 0 Å². The minimum atomic E-state index is -0.188. The number of hydrogen-bond acceptors (Lipinski definition) is 5. The van der Waals surface area contributed by atoms with E-state index in [0.29, 0.717) is 13.2 Å². The van der Waals surface area contributed by atoms with Gasteiger partial charge in [-0.1, -0.05) is 0 Å². The molecule has 0 saturated carbocycles. The number of esters is 1. The third kappa shape index (κ3) is 3.78. The molecular weight excluding hydrogens is 236 g/mol. The molecule has 0 amide bonds. The van der Waals surface area contributed by atoms with Gasteiger partial charge in [0.05, 0.1) is 29.9 Å². The van der Waals surface area contributed by atoms with Gasteiger partial charge in [-0.05, 0) is 34.7 Å². The molecule has 1 rings (SSSR count). The number of hydrogen-bond donors (Lipinski definition) is 0. The third-order valence-corrected chi connectivity index (χ3v) is 3.58. The van der Waals surface area contributed by atoms with Crippen LogP contribution in [0.25, 0.3) is 0 Å². The summed E-state index contributed by atoms with van der Waals surface area (Å²) in [6, 6.07) is 0.129. The predicted octanol–water partition coefficient (Wildman–Crippen LogP) is 2.32. The van der Waals surface area contributed by atoms with Crippen LogP contribution in [0.5, 0.6) is 0 Å². The Morgan fingerprint density at radius 3 is 2.65 bits per heavy atom. The number of thiazole rings is 1. The Labute approximate surface area is 107 Å². The normalized spacial score (nSPS) is 12.8. The van der Waals surface area contributed by atoms with Gasteiger partial charge in [-0.3, -0.25) is 9.69 Å². The third-order valence-electron chi connectivity index (χ3n) is 2.68. The van der Waals surface area contributed by atoms with E-state index < -0.39 is 0 Å². The molecule has 0 fully saturated rings. The summed E-state index contributed by atoms with van der Waals surface area (Å²) < 4.78 is 4.94. The van der Waals surface area contributed by atoms with Crippen molar-refractivity contribution in [1.82, 2.24) is 9.88 Å². The summed E-state index contributed by atoms with van der Waals surface area (Å²) in [5.74, 6) is -0.188. The van der Waals surface area contributed by atoms with Crippen molar-refractivity contribution in [3.05, 3.63) is 15.6 Å². The molecule has 0 aliphatic rings. The van der Waals surface area contributed by atoms with Crippen LogP contribution in [0.3, 0.4) is 0 Å². The molecule has 0 aromatic carbocycles. The number of carbonyl (C=O) groups is 1. The van der Waals surface area contributed by atoms with Gasteiger partial charge in [-0.2, -0.15) is 0 Å². The van der Waals surface area contributed by atoms with Crippen LogP contribution in [0.4, 0.5) is 0 Å². The minimum Gasteiger partial charge on any atom is -0.465 e. The Hall–Kier alpha value is -0.940. The van der Waals surface area contributed by atoms with Crippen molar-refractivity contribution in [1.29, 1.82) is 0 Å². The molecular formula is C12H20N2O2S. The van der Waals surface area contributed by atoms with Crippen molar-refractivity contribution in [3.8, 4) is 0 Å². The molecule has 1 atom stereocenters. The van der Waals surface area contributed by atoms with Crippen molar-refractivity contribution >= 4 is 17.3 Å². The number of nitrogens with zero attached hydrogens (tertiary/aromatic N) is 2. The topological polar surface area (TPSA) is 42.4 Å². The van der Waals surface area contributed by atoms with E-state index in [9.17, 15) is 4.79 Å². The highest BCUT2D eigenvalue weighted by Gasteiger charge is 2.19. The SMILES string of the molecule is CCOC(=O)CN(C)C(C)c1nc(C)sc1C. The second-order valence-electron chi connectivity index (χ2n) is 4.07. The van der Waals surface area contributed by atoms with Gasteiger partial charge in [-0.15, -0.1) is 11.3 Å². The number of aryl methyl sites for hydroxylation is 2. The summed E-state index contributed by atoms with van der Waals surface area (Å²) >= 11 is 1.69. The first-order valence-electron chi connectivity index (χ1n) is 5.75. The molecule has 96 valence electrons. The van der Waals surface area contributed by atoms with Crippen LogP contribution in [0.2, 0.25) is 0 Å². The predicted molar refractivity (Wildman–Crippen MR) is 69.3 cm³/mol. The maximum atomic E-state index is 11.4. The van der Waals surface area contributed by atoms with Crippen molar-refractivity contribution < 1.29 is 9.53 Å². The summed E-state index contributed by atoms with van der Waals surface area (Å²) in [5, 5.41) is 1.06. The molecule has 0 spiro atoms. The standard InChI is InChI=1S/C12H20N2O2S/c1-6-16-11(15)7-14(5)8(2)12-9(3)17-10(4)13-12/h8H,6-7H2,1-5H3. The van der Waals surface area contributed by atoms with E-state index in [2.05, 4.69) is 18.8 Å². The number of likely N-dealkylation sites (N-methyl/N-ethyl adjacent to an activating group) is 1. The van der Waals surface area contributed by atoms with E-state index in [1.165, 1.54) is 4.88 Å². The Morgan fingerprint density at radius 1 is 1.53 bits per heavy atom. The quantitative estimate of drug-likeness (QED) is 0.758. The van der Waals surface area contributed by atoms with Crippen molar-refractivity contribution in [2.24, 2.45) is 0 Å². The summed E-state index contributed by atoms with van der Waals surface area (Å²) in [7, 11) is 1.91. The molecule has 0 saturated heterocycles. The fraction of sp³-hybridized carbons (Fsp3) is 0.667. The molecule has 0 aliphatic heterocycles. The average molecular weight is 256 g/mol. The molecule has 17 heavy (non-hydrogen) atoms. The zero-order valence-corrected chi connectivity index (χ0v) is 11.9. The maximum absolute atomic E-state index is 11.4. The Kier molecular flexibility index (Phi) is 5.08. The van der Waals surface area contributed by atoms with Crippen LogP contribution in [0, 0.1) is 13.8 Å². The molecule has 1 aromatic rings. The Balaban J connectivity index is 2.66. The smallest absolute Gasteiger partial charge is 0.320 e. The summed E-state index contributed by atoms with van der Waals surface area (Å²) in [4.78, 5) is 19.1. The van der Waals surface area contributed by atoms with E-state index in [1.54, 1.807) is 11.3 Å². The fourth-order valence-electron chi connectivity index (χ4n) is 1.69. The van der Waals surface area contributed by atoms with Gasteiger partial charge in [0.15, 0.2) is 0 Å².